The summed E-state index contributed by atoms with van der Waals surface area (Å²) in [5.41, 5.74) is 0. The van der Waals surface area contributed by atoms with Gasteiger partial charge in [-0.3, -0.25) is 4.79 Å². The highest BCUT2D eigenvalue weighted by atomic mass is 32.1. The van der Waals surface area contributed by atoms with Crippen molar-refractivity contribution in [3.63, 3.8) is 0 Å². The summed E-state index contributed by atoms with van der Waals surface area (Å²) in [5.74, 6) is -0.388. The summed E-state index contributed by atoms with van der Waals surface area (Å²) in [6.45, 7) is 1.86. The average molecular weight is 281 g/mol. The third-order valence-corrected chi connectivity index (χ3v) is 3.03. The van der Waals surface area contributed by atoms with Gasteiger partial charge in [0.15, 0.2) is 16.6 Å². The van der Waals surface area contributed by atoms with Gasteiger partial charge >= 0.3 is 0 Å². The van der Waals surface area contributed by atoms with Crippen LogP contribution in [0.5, 0.6) is 5.75 Å². The number of ether oxygens (including phenoxy) is 1. The number of amides is 1. The van der Waals surface area contributed by atoms with E-state index in [0.717, 1.165) is 0 Å². The van der Waals surface area contributed by atoms with E-state index in [1.807, 2.05) is 0 Å². The van der Waals surface area contributed by atoms with Crippen molar-refractivity contribution in [3.8, 4) is 5.75 Å². The Hall–Kier alpha value is -2.02. The fourth-order valence-electron chi connectivity index (χ4n) is 1.27. The first-order valence-corrected chi connectivity index (χ1v) is 6.50. The fourth-order valence-corrected chi connectivity index (χ4v) is 1.94. The molecule has 2 aromatic rings. The topological polar surface area (TPSA) is 64.1 Å². The van der Waals surface area contributed by atoms with Gasteiger partial charge < -0.3 is 10.1 Å². The Bertz CT molecular complexity index is 574. The number of carbonyl (C=O) groups excluding carboxylic acids is 1. The summed E-state index contributed by atoms with van der Waals surface area (Å²) in [7, 11) is 0. The van der Waals surface area contributed by atoms with Crippen molar-refractivity contribution in [3.05, 3.63) is 35.1 Å². The Morgan fingerprint density at radius 3 is 2.95 bits per heavy atom. The van der Waals surface area contributed by atoms with E-state index in [-0.39, 0.29) is 18.3 Å². The standard InChI is InChI=1S/C12H12FN3O2S/c1-2-10(17)14-12-16-15-11(19-12)7-18-9-6-4-3-5-8(9)13/h3-6H,2,7H2,1H3,(H,14,16,17). The first kappa shape index (κ1) is 13.4. The molecular weight excluding hydrogens is 269 g/mol. The number of nitrogens with one attached hydrogen (secondary N) is 1. The van der Waals surface area contributed by atoms with Crippen LogP contribution in [0.1, 0.15) is 18.4 Å². The van der Waals surface area contributed by atoms with E-state index < -0.39 is 5.82 Å². The molecule has 100 valence electrons. The predicted octanol–water partition coefficient (Wildman–Crippen LogP) is 2.60. The molecule has 1 N–H and O–H groups in total. The molecule has 0 atom stereocenters. The van der Waals surface area contributed by atoms with Crippen molar-refractivity contribution in [1.82, 2.24) is 10.2 Å². The van der Waals surface area contributed by atoms with Crippen LogP contribution in [0.2, 0.25) is 0 Å². The Morgan fingerprint density at radius 1 is 1.42 bits per heavy atom. The van der Waals surface area contributed by atoms with Crippen molar-refractivity contribution in [2.75, 3.05) is 5.32 Å². The van der Waals surface area contributed by atoms with Crippen LogP contribution in [0, 0.1) is 5.82 Å². The fraction of sp³-hybridized carbons (Fsp3) is 0.250. The second-order valence-corrected chi connectivity index (χ2v) is 4.68. The van der Waals surface area contributed by atoms with E-state index in [1.165, 1.54) is 23.5 Å². The molecule has 0 saturated carbocycles. The summed E-state index contributed by atoms with van der Waals surface area (Å²) in [4.78, 5) is 11.2. The van der Waals surface area contributed by atoms with Crippen LogP contribution in [0.25, 0.3) is 0 Å². The van der Waals surface area contributed by atoms with Gasteiger partial charge in [0.05, 0.1) is 0 Å². The van der Waals surface area contributed by atoms with Gasteiger partial charge in [0, 0.05) is 6.42 Å². The average Bonchev–Trinajstić information content (AvgIpc) is 2.85. The quantitative estimate of drug-likeness (QED) is 0.915. The van der Waals surface area contributed by atoms with E-state index in [1.54, 1.807) is 19.1 Å². The molecule has 0 aliphatic carbocycles. The lowest BCUT2D eigenvalue weighted by Crippen LogP contribution is -2.08. The molecule has 0 radical (unpaired) electrons. The van der Waals surface area contributed by atoms with Crippen LogP contribution in [-0.2, 0) is 11.4 Å². The van der Waals surface area contributed by atoms with Gasteiger partial charge in [0.1, 0.15) is 6.61 Å². The Morgan fingerprint density at radius 2 is 2.21 bits per heavy atom. The van der Waals surface area contributed by atoms with Gasteiger partial charge in [-0.2, -0.15) is 0 Å². The molecular formula is C12H12FN3O2S. The number of aromatic nitrogens is 2. The van der Waals surface area contributed by atoms with Crippen LogP contribution in [0.3, 0.4) is 0 Å². The van der Waals surface area contributed by atoms with E-state index in [0.29, 0.717) is 16.6 Å². The molecule has 0 fully saturated rings. The number of hydrogen-bond donors (Lipinski definition) is 1. The lowest BCUT2D eigenvalue weighted by Gasteiger charge is -2.03. The number of rotatable bonds is 5. The van der Waals surface area contributed by atoms with Gasteiger partial charge in [0.25, 0.3) is 0 Å². The Labute approximate surface area is 113 Å². The maximum Gasteiger partial charge on any atom is 0.225 e. The predicted molar refractivity (Wildman–Crippen MR) is 69.6 cm³/mol. The Balaban J connectivity index is 1.94. The number of hydrogen-bond acceptors (Lipinski definition) is 5. The summed E-state index contributed by atoms with van der Waals surface area (Å²) in [5, 5.41) is 11.2. The largest absolute Gasteiger partial charge is 0.483 e. The van der Waals surface area contributed by atoms with E-state index in [9.17, 15) is 9.18 Å². The Kier molecular flexibility index (Phi) is 4.40. The van der Waals surface area contributed by atoms with Crippen LogP contribution >= 0.6 is 11.3 Å². The van der Waals surface area contributed by atoms with E-state index >= 15 is 0 Å². The summed E-state index contributed by atoms with van der Waals surface area (Å²) < 4.78 is 18.6. The number of halogens is 1. The first-order valence-electron chi connectivity index (χ1n) is 5.68. The third kappa shape index (κ3) is 3.72. The monoisotopic (exact) mass is 281 g/mol. The highest BCUT2D eigenvalue weighted by Crippen LogP contribution is 2.20. The zero-order valence-electron chi connectivity index (χ0n) is 10.2. The molecule has 7 heteroatoms. The van der Waals surface area contributed by atoms with E-state index in [2.05, 4.69) is 15.5 Å². The molecule has 0 aliphatic heterocycles. The number of benzene rings is 1. The number of para-hydroxylation sites is 1. The number of anilines is 1. The molecule has 5 nitrogen and oxygen atoms in total. The number of carbonyl (C=O) groups is 1. The van der Waals surface area contributed by atoms with Crippen LogP contribution < -0.4 is 10.1 Å². The molecule has 0 bridgehead atoms. The summed E-state index contributed by atoms with van der Waals surface area (Å²) in [6.07, 6.45) is 0.376. The second kappa shape index (κ2) is 6.24. The van der Waals surface area contributed by atoms with Crippen molar-refractivity contribution in [1.29, 1.82) is 0 Å². The molecule has 0 saturated heterocycles. The molecule has 1 heterocycles. The highest BCUT2D eigenvalue weighted by Gasteiger charge is 2.08. The lowest BCUT2D eigenvalue weighted by molar-refractivity contribution is -0.115. The van der Waals surface area contributed by atoms with Crippen molar-refractivity contribution >= 4 is 22.4 Å². The lowest BCUT2D eigenvalue weighted by atomic mass is 10.3. The SMILES string of the molecule is CCC(=O)Nc1nnc(COc2ccccc2F)s1. The smallest absolute Gasteiger partial charge is 0.225 e. The minimum atomic E-state index is -0.425. The zero-order valence-corrected chi connectivity index (χ0v) is 11.0. The molecule has 0 unspecified atom stereocenters. The molecule has 19 heavy (non-hydrogen) atoms. The second-order valence-electron chi connectivity index (χ2n) is 3.62. The van der Waals surface area contributed by atoms with Gasteiger partial charge in [-0.1, -0.05) is 30.4 Å². The molecule has 0 spiro atoms. The summed E-state index contributed by atoms with van der Waals surface area (Å²) >= 11 is 1.20. The van der Waals surface area contributed by atoms with E-state index in [4.69, 9.17) is 4.74 Å². The zero-order chi connectivity index (χ0) is 13.7. The summed E-state index contributed by atoms with van der Waals surface area (Å²) in [6, 6.07) is 6.13. The van der Waals surface area contributed by atoms with Crippen LogP contribution in [0.15, 0.2) is 24.3 Å². The highest BCUT2D eigenvalue weighted by molar-refractivity contribution is 7.15. The normalized spacial score (nSPS) is 10.2. The van der Waals surface area contributed by atoms with Crippen molar-refractivity contribution < 1.29 is 13.9 Å². The molecule has 1 amide bonds. The molecule has 1 aromatic heterocycles. The maximum absolute atomic E-state index is 13.3. The molecule has 1 aromatic carbocycles. The van der Waals surface area contributed by atoms with Crippen molar-refractivity contribution in [2.45, 2.75) is 20.0 Å². The van der Waals surface area contributed by atoms with Gasteiger partial charge in [0.2, 0.25) is 11.0 Å². The van der Waals surface area contributed by atoms with Crippen molar-refractivity contribution in [2.24, 2.45) is 0 Å². The van der Waals surface area contributed by atoms with Gasteiger partial charge in [-0.05, 0) is 12.1 Å². The minimum absolute atomic E-state index is 0.112. The third-order valence-electron chi connectivity index (χ3n) is 2.22. The molecule has 0 aliphatic rings. The molecule has 2 rings (SSSR count). The van der Waals surface area contributed by atoms with Gasteiger partial charge in [-0.25, -0.2) is 4.39 Å². The van der Waals surface area contributed by atoms with Crippen LogP contribution in [0.4, 0.5) is 9.52 Å². The maximum atomic E-state index is 13.3. The van der Waals surface area contributed by atoms with Gasteiger partial charge in [-0.15, -0.1) is 10.2 Å². The van der Waals surface area contributed by atoms with Crippen LogP contribution in [-0.4, -0.2) is 16.1 Å². The number of nitrogens with zero attached hydrogens (tertiary/aromatic N) is 2. The first-order chi connectivity index (χ1) is 9.19. The minimum Gasteiger partial charge on any atom is -0.483 e.